The van der Waals surface area contributed by atoms with E-state index in [4.69, 9.17) is 9.15 Å². The molecule has 1 atom stereocenters. The fraction of sp³-hybridized carbons (Fsp3) is 0.190. The number of anilines is 2. The third-order valence-electron chi connectivity index (χ3n) is 4.14. The SMILES string of the molecule is C[C@H](OC(=O)c1cc(=O)c2ccccc2o1)C(=O)Nc1ccc(N(C)C)cc1. The molecule has 2 aromatic carbocycles. The van der Waals surface area contributed by atoms with Crippen LogP contribution in [0.5, 0.6) is 0 Å². The number of nitrogens with one attached hydrogen (secondary N) is 1. The lowest BCUT2D eigenvalue weighted by Gasteiger charge is -2.15. The molecule has 0 spiro atoms. The number of carbonyl (C=O) groups is 2. The van der Waals surface area contributed by atoms with Crippen molar-refractivity contribution in [2.45, 2.75) is 13.0 Å². The van der Waals surface area contributed by atoms with Crippen molar-refractivity contribution >= 4 is 34.2 Å². The summed E-state index contributed by atoms with van der Waals surface area (Å²) in [6, 6.07) is 14.9. The third kappa shape index (κ3) is 4.20. The van der Waals surface area contributed by atoms with Crippen LogP contribution in [0.2, 0.25) is 0 Å². The van der Waals surface area contributed by atoms with Crippen LogP contribution in [0.25, 0.3) is 11.0 Å². The minimum Gasteiger partial charge on any atom is -0.449 e. The van der Waals surface area contributed by atoms with E-state index in [1.54, 1.807) is 36.4 Å². The van der Waals surface area contributed by atoms with Gasteiger partial charge < -0.3 is 19.4 Å². The predicted molar refractivity (Wildman–Crippen MR) is 107 cm³/mol. The monoisotopic (exact) mass is 380 g/mol. The lowest BCUT2D eigenvalue weighted by atomic mass is 10.2. The molecule has 0 aliphatic heterocycles. The molecule has 28 heavy (non-hydrogen) atoms. The predicted octanol–water partition coefficient (Wildman–Crippen LogP) is 3.04. The number of esters is 1. The molecule has 0 radical (unpaired) electrons. The summed E-state index contributed by atoms with van der Waals surface area (Å²) in [5, 5.41) is 3.05. The van der Waals surface area contributed by atoms with Crippen molar-refractivity contribution in [2.75, 3.05) is 24.3 Å². The van der Waals surface area contributed by atoms with E-state index < -0.39 is 18.0 Å². The van der Waals surface area contributed by atoms with Gasteiger partial charge in [0.25, 0.3) is 5.91 Å². The molecule has 3 aromatic rings. The summed E-state index contributed by atoms with van der Waals surface area (Å²) < 4.78 is 10.6. The van der Waals surface area contributed by atoms with Gasteiger partial charge in [-0.05, 0) is 43.3 Å². The average molecular weight is 380 g/mol. The molecule has 1 amide bonds. The molecule has 0 aliphatic carbocycles. The normalized spacial score (nSPS) is 11.7. The summed E-state index contributed by atoms with van der Waals surface area (Å²) in [7, 11) is 3.83. The summed E-state index contributed by atoms with van der Waals surface area (Å²) in [6.07, 6.45) is -1.07. The number of rotatable bonds is 5. The minimum atomic E-state index is -1.07. The molecule has 7 heteroatoms. The van der Waals surface area contributed by atoms with Gasteiger partial charge in [-0.15, -0.1) is 0 Å². The number of amides is 1. The van der Waals surface area contributed by atoms with Gasteiger partial charge in [0, 0.05) is 31.5 Å². The van der Waals surface area contributed by atoms with E-state index >= 15 is 0 Å². The zero-order valence-electron chi connectivity index (χ0n) is 15.8. The van der Waals surface area contributed by atoms with Crippen LogP contribution in [0.15, 0.2) is 63.8 Å². The lowest BCUT2D eigenvalue weighted by molar-refractivity contribution is -0.123. The largest absolute Gasteiger partial charge is 0.449 e. The Labute approximate surface area is 161 Å². The number of carbonyl (C=O) groups excluding carboxylic acids is 2. The first-order chi connectivity index (χ1) is 13.3. The molecular formula is C21H20N2O5. The summed E-state index contributed by atoms with van der Waals surface area (Å²) in [5.74, 6) is -1.62. The number of para-hydroxylation sites is 1. The second kappa shape index (κ2) is 7.96. The number of ether oxygens (including phenoxy) is 1. The smallest absolute Gasteiger partial charge is 0.375 e. The van der Waals surface area contributed by atoms with E-state index in [2.05, 4.69) is 5.32 Å². The molecule has 0 fully saturated rings. The fourth-order valence-corrected chi connectivity index (χ4v) is 2.56. The molecule has 0 saturated heterocycles. The van der Waals surface area contributed by atoms with Crippen LogP contribution >= 0.6 is 0 Å². The Balaban J connectivity index is 1.68. The Bertz CT molecular complexity index is 1070. The molecule has 1 heterocycles. The summed E-state index contributed by atoms with van der Waals surface area (Å²) in [4.78, 5) is 38.6. The van der Waals surface area contributed by atoms with Gasteiger partial charge in [0.1, 0.15) is 5.58 Å². The van der Waals surface area contributed by atoms with Crippen LogP contribution in [0.4, 0.5) is 11.4 Å². The molecule has 1 aromatic heterocycles. The maximum Gasteiger partial charge on any atom is 0.375 e. The van der Waals surface area contributed by atoms with Crippen LogP contribution in [-0.2, 0) is 9.53 Å². The van der Waals surface area contributed by atoms with Crippen molar-refractivity contribution in [3.05, 3.63) is 70.6 Å². The fourth-order valence-electron chi connectivity index (χ4n) is 2.56. The van der Waals surface area contributed by atoms with Gasteiger partial charge in [0.05, 0.1) is 5.39 Å². The molecule has 3 rings (SSSR count). The molecule has 0 bridgehead atoms. The highest BCUT2D eigenvalue weighted by molar-refractivity contribution is 5.97. The minimum absolute atomic E-state index is 0.251. The second-order valence-corrected chi connectivity index (χ2v) is 6.45. The molecular weight excluding hydrogens is 360 g/mol. The first kappa shape index (κ1) is 19.2. The van der Waals surface area contributed by atoms with Gasteiger partial charge in [-0.1, -0.05) is 12.1 Å². The lowest BCUT2D eigenvalue weighted by Crippen LogP contribution is -2.30. The van der Waals surface area contributed by atoms with Crippen LogP contribution in [0.3, 0.4) is 0 Å². The Morgan fingerprint density at radius 1 is 1.07 bits per heavy atom. The van der Waals surface area contributed by atoms with Gasteiger partial charge in [0.2, 0.25) is 5.76 Å². The van der Waals surface area contributed by atoms with E-state index in [-0.39, 0.29) is 16.8 Å². The molecule has 7 nitrogen and oxygen atoms in total. The first-order valence-electron chi connectivity index (χ1n) is 8.67. The van der Waals surface area contributed by atoms with Crippen LogP contribution < -0.4 is 15.6 Å². The maximum atomic E-state index is 12.3. The molecule has 0 unspecified atom stereocenters. The van der Waals surface area contributed by atoms with E-state index in [1.807, 2.05) is 31.1 Å². The van der Waals surface area contributed by atoms with Crippen LogP contribution in [-0.4, -0.2) is 32.1 Å². The standard InChI is InChI=1S/C21H20N2O5/c1-13(20(25)22-14-8-10-15(11-9-14)23(2)3)27-21(26)19-12-17(24)16-6-4-5-7-18(16)28-19/h4-13H,1-3H3,(H,22,25)/t13-/m0/s1. The van der Waals surface area contributed by atoms with Crippen LogP contribution in [0, 0.1) is 0 Å². The van der Waals surface area contributed by atoms with E-state index in [9.17, 15) is 14.4 Å². The number of nitrogens with zero attached hydrogens (tertiary/aromatic N) is 1. The number of benzene rings is 2. The quantitative estimate of drug-likeness (QED) is 0.685. The maximum absolute atomic E-state index is 12.3. The summed E-state index contributed by atoms with van der Waals surface area (Å²) in [5.41, 5.74) is 1.49. The zero-order chi connectivity index (χ0) is 20.3. The Kier molecular flexibility index (Phi) is 5.44. The van der Waals surface area contributed by atoms with Crippen molar-refractivity contribution in [3.8, 4) is 0 Å². The van der Waals surface area contributed by atoms with Crippen molar-refractivity contribution in [1.29, 1.82) is 0 Å². The van der Waals surface area contributed by atoms with Crippen molar-refractivity contribution in [3.63, 3.8) is 0 Å². The number of hydrogen-bond acceptors (Lipinski definition) is 6. The zero-order valence-corrected chi connectivity index (χ0v) is 15.8. The highest BCUT2D eigenvalue weighted by Crippen LogP contribution is 2.17. The van der Waals surface area contributed by atoms with Crippen molar-refractivity contribution in [1.82, 2.24) is 0 Å². The molecule has 144 valence electrons. The first-order valence-corrected chi connectivity index (χ1v) is 8.67. The van der Waals surface area contributed by atoms with E-state index in [0.717, 1.165) is 11.8 Å². The van der Waals surface area contributed by atoms with Gasteiger partial charge in [-0.25, -0.2) is 4.79 Å². The summed E-state index contributed by atoms with van der Waals surface area (Å²) in [6.45, 7) is 1.45. The van der Waals surface area contributed by atoms with Gasteiger partial charge in [-0.3, -0.25) is 9.59 Å². The average Bonchev–Trinajstić information content (AvgIpc) is 2.68. The van der Waals surface area contributed by atoms with Crippen molar-refractivity contribution < 1.29 is 18.7 Å². The highest BCUT2D eigenvalue weighted by Gasteiger charge is 2.21. The number of fused-ring (bicyclic) bond motifs is 1. The van der Waals surface area contributed by atoms with Gasteiger partial charge in [-0.2, -0.15) is 0 Å². The van der Waals surface area contributed by atoms with Crippen LogP contribution in [0.1, 0.15) is 17.5 Å². The molecule has 1 N–H and O–H groups in total. The van der Waals surface area contributed by atoms with E-state index in [0.29, 0.717) is 11.1 Å². The molecule has 0 saturated carbocycles. The Hall–Kier alpha value is -3.61. The topological polar surface area (TPSA) is 88.9 Å². The summed E-state index contributed by atoms with van der Waals surface area (Å²) >= 11 is 0. The van der Waals surface area contributed by atoms with Gasteiger partial charge >= 0.3 is 5.97 Å². The third-order valence-corrected chi connectivity index (χ3v) is 4.14. The Morgan fingerprint density at radius 3 is 2.43 bits per heavy atom. The highest BCUT2D eigenvalue weighted by atomic mass is 16.6. The van der Waals surface area contributed by atoms with Gasteiger partial charge in [0.15, 0.2) is 11.5 Å². The second-order valence-electron chi connectivity index (χ2n) is 6.45. The number of hydrogen-bond donors (Lipinski definition) is 1. The van der Waals surface area contributed by atoms with E-state index in [1.165, 1.54) is 6.92 Å². The van der Waals surface area contributed by atoms with Crippen molar-refractivity contribution in [2.24, 2.45) is 0 Å². The molecule has 0 aliphatic rings. The Morgan fingerprint density at radius 2 is 1.75 bits per heavy atom.